The normalized spacial score (nSPS) is 20.5. The number of hydrogen-bond donors (Lipinski definition) is 0. The number of benzene rings is 2. The van der Waals surface area contributed by atoms with Gasteiger partial charge in [-0.2, -0.15) is 0 Å². The molecule has 0 aromatic heterocycles. The third-order valence-electron chi connectivity index (χ3n) is 3.77. The number of halogens is 2. The zero-order valence-electron chi connectivity index (χ0n) is 11.8. The largest absolute Gasteiger partial charge is 0.281 e. The molecule has 1 aliphatic rings. The summed E-state index contributed by atoms with van der Waals surface area (Å²) in [6, 6.07) is 13.6. The summed E-state index contributed by atoms with van der Waals surface area (Å²) in [7, 11) is 0. The summed E-state index contributed by atoms with van der Waals surface area (Å²) in [4.78, 5) is 13.9. The van der Waals surface area contributed by atoms with Crippen molar-refractivity contribution < 1.29 is 4.79 Å². The van der Waals surface area contributed by atoms with Crippen molar-refractivity contribution in [1.29, 1.82) is 0 Å². The SMILES string of the molecule is CC(=O)N1c2ccccc2C(Cl)C(Cl)c2cc(C)ccc21. The van der Waals surface area contributed by atoms with Gasteiger partial charge in [0.15, 0.2) is 0 Å². The minimum Gasteiger partial charge on any atom is -0.281 e. The van der Waals surface area contributed by atoms with Crippen molar-refractivity contribution in [3.05, 3.63) is 59.2 Å². The van der Waals surface area contributed by atoms with E-state index in [4.69, 9.17) is 23.2 Å². The summed E-state index contributed by atoms with van der Waals surface area (Å²) in [5.41, 5.74) is 4.48. The minimum absolute atomic E-state index is 0.0535. The van der Waals surface area contributed by atoms with E-state index < -0.39 is 0 Å². The Morgan fingerprint density at radius 1 is 1.00 bits per heavy atom. The second-order valence-corrected chi connectivity index (χ2v) is 6.22. The number of hydrogen-bond acceptors (Lipinski definition) is 1. The van der Waals surface area contributed by atoms with Crippen LogP contribution in [0.5, 0.6) is 0 Å². The van der Waals surface area contributed by atoms with Crippen molar-refractivity contribution in [3.63, 3.8) is 0 Å². The molecule has 4 heteroatoms. The van der Waals surface area contributed by atoms with E-state index in [1.54, 1.807) is 11.8 Å². The standard InChI is InChI=1S/C17H15Cl2NO/c1-10-7-8-15-13(9-10)17(19)16(18)12-5-3-4-6-14(12)20(15)11(2)21/h3-9,16-17H,1-2H3. The molecular formula is C17H15Cl2NO. The summed E-state index contributed by atoms with van der Waals surface area (Å²) in [5, 5.41) is -0.764. The molecule has 0 radical (unpaired) electrons. The summed E-state index contributed by atoms with van der Waals surface area (Å²) in [6.45, 7) is 3.56. The van der Waals surface area contributed by atoms with Gasteiger partial charge in [-0.1, -0.05) is 35.9 Å². The first-order chi connectivity index (χ1) is 10.0. The number of carbonyl (C=O) groups is 1. The van der Waals surface area contributed by atoms with Crippen molar-refractivity contribution in [2.45, 2.75) is 24.6 Å². The van der Waals surface area contributed by atoms with Crippen LogP contribution in [0.15, 0.2) is 42.5 Å². The van der Waals surface area contributed by atoms with Gasteiger partial charge in [0.1, 0.15) is 0 Å². The van der Waals surface area contributed by atoms with Crippen molar-refractivity contribution >= 4 is 40.5 Å². The zero-order chi connectivity index (χ0) is 15.1. The van der Waals surface area contributed by atoms with Gasteiger partial charge in [-0.15, -0.1) is 23.2 Å². The number of fused-ring (bicyclic) bond motifs is 2. The highest BCUT2D eigenvalue weighted by atomic mass is 35.5. The lowest BCUT2D eigenvalue weighted by molar-refractivity contribution is -0.115. The Morgan fingerprint density at radius 3 is 2.33 bits per heavy atom. The van der Waals surface area contributed by atoms with E-state index in [2.05, 4.69) is 0 Å². The molecule has 108 valence electrons. The molecule has 2 aromatic rings. The number of nitrogens with zero attached hydrogens (tertiary/aromatic N) is 1. The Labute approximate surface area is 134 Å². The maximum Gasteiger partial charge on any atom is 0.228 e. The number of anilines is 2. The predicted molar refractivity (Wildman–Crippen MR) is 87.6 cm³/mol. The smallest absolute Gasteiger partial charge is 0.228 e. The van der Waals surface area contributed by atoms with Crippen molar-refractivity contribution in [3.8, 4) is 0 Å². The molecule has 1 heterocycles. The van der Waals surface area contributed by atoms with E-state index >= 15 is 0 Å². The minimum atomic E-state index is -0.382. The molecule has 0 N–H and O–H groups in total. The first-order valence-corrected chi connectivity index (χ1v) is 7.66. The molecule has 2 aromatic carbocycles. The predicted octanol–water partition coefficient (Wildman–Crippen LogP) is 5.25. The fourth-order valence-electron chi connectivity index (χ4n) is 2.81. The maximum absolute atomic E-state index is 12.2. The molecule has 0 aliphatic carbocycles. The molecule has 0 saturated carbocycles. The zero-order valence-corrected chi connectivity index (χ0v) is 13.3. The third kappa shape index (κ3) is 2.33. The van der Waals surface area contributed by atoms with Crippen molar-refractivity contribution in [2.24, 2.45) is 0 Å². The van der Waals surface area contributed by atoms with Crippen LogP contribution in [0, 0.1) is 6.92 Å². The van der Waals surface area contributed by atoms with Crippen molar-refractivity contribution in [2.75, 3.05) is 4.90 Å². The molecule has 2 unspecified atom stereocenters. The Bertz CT molecular complexity index is 714. The van der Waals surface area contributed by atoms with E-state index in [1.165, 1.54) is 0 Å². The van der Waals surface area contributed by atoms with E-state index in [0.717, 1.165) is 28.1 Å². The Balaban J connectivity index is 2.34. The van der Waals surface area contributed by atoms with Gasteiger partial charge in [-0.25, -0.2) is 0 Å². The molecular weight excluding hydrogens is 305 g/mol. The molecule has 1 aliphatic heterocycles. The summed E-state index contributed by atoms with van der Waals surface area (Å²) < 4.78 is 0. The molecule has 0 fully saturated rings. The van der Waals surface area contributed by atoms with Crippen LogP contribution >= 0.6 is 23.2 Å². The van der Waals surface area contributed by atoms with Gasteiger partial charge < -0.3 is 0 Å². The Hall–Kier alpha value is -1.51. The summed E-state index contributed by atoms with van der Waals surface area (Å²) in [6.07, 6.45) is 0. The Kier molecular flexibility index (Phi) is 3.68. The number of aryl methyl sites for hydroxylation is 1. The topological polar surface area (TPSA) is 20.3 Å². The van der Waals surface area contributed by atoms with Gasteiger partial charge in [0, 0.05) is 6.92 Å². The van der Waals surface area contributed by atoms with Crippen LogP contribution in [-0.2, 0) is 4.79 Å². The fraction of sp³-hybridized carbons (Fsp3) is 0.235. The third-order valence-corrected chi connectivity index (χ3v) is 4.87. The van der Waals surface area contributed by atoms with Gasteiger partial charge in [0.2, 0.25) is 5.91 Å². The lowest BCUT2D eigenvalue weighted by Gasteiger charge is -2.23. The van der Waals surface area contributed by atoms with Gasteiger partial charge in [0.05, 0.1) is 22.1 Å². The average molecular weight is 320 g/mol. The molecule has 0 spiro atoms. The first-order valence-electron chi connectivity index (χ1n) is 6.79. The van der Waals surface area contributed by atoms with E-state index in [0.29, 0.717) is 0 Å². The lowest BCUT2D eigenvalue weighted by Crippen LogP contribution is -2.23. The quantitative estimate of drug-likeness (QED) is 0.607. The fourth-order valence-corrected chi connectivity index (χ4v) is 3.44. The second-order valence-electron chi connectivity index (χ2n) is 5.28. The van der Waals surface area contributed by atoms with Gasteiger partial charge in [-0.05, 0) is 30.2 Å². The van der Waals surface area contributed by atoms with Crippen LogP contribution in [0.1, 0.15) is 34.4 Å². The van der Waals surface area contributed by atoms with E-state index in [1.807, 2.05) is 49.4 Å². The van der Waals surface area contributed by atoms with E-state index in [9.17, 15) is 4.79 Å². The van der Waals surface area contributed by atoms with Crippen LogP contribution in [0.3, 0.4) is 0 Å². The van der Waals surface area contributed by atoms with Crippen LogP contribution in [-0.4, -0.2) is 5.91 Å². The first kappa shape index (κ1) is 14.4. The molecule has 0 saturated heterocycles. The maximum atomic E-state index is 12.2. The number of para-hydroxylation sites is 1. The Morgan fingerprint density at radius 2 is 1.62 bits per heavy atom. The van der Waals surface area contributed by atoms with Crippen LogP contribution in [0.4, 0.5) is 11.4 Å². The highest BCUT2D eigenvalue weighted by Crippen LogP contribution is 2.50. The highest BCUT2D eigenvalue weighted by molar-refractivity contribution is 6.31. The number of carbonyl (C=O) groups excluding carboxylic acids is 1. The molecule has 3 rings (SSSR count). The highest BCUT2D eigenvalue weighted by Gasteiger charge is 2.33. The van der Waals surface area contributed by atoms with Gasteiger partial charge >= 0.3 is 0 Å². The molecule has 2 atom stereocenters. The monoisotopic (exact) mass is 319 g/mol. The number of amides is 1. The molecule has 2 nitrogen and oxygen atoms in total. The summed E-state index contributed by atoms with van der Waals surface area (Å²) >= 11 is 13.2. The average Bonchev–Trinajstić information content (AvgIpc) is 2.55. The van der Waals surface area contributed by atoms with Crippen LogP contribution < -0.4 is 4.90 Å². The summed E-state index contributed by atoms with van der Waals surface area (Å²) in [5.74, 6) is -0.0535. The van der Waals surface area contributed by atoms with Crippen LogP contribution in [0.2, 0.25) is 0 Å². The number of alkyl halides is 2. The molecule has 1 amide bonds. The van der Waals surface area contributed by atoms with E-state index in [-0.39, 0.29) is 16.7 Å². The van der Waals surface area contributed by atoms with Crippen molar-refractivity contribution in [1.82, 2.24) is 0 Å². The van der Waals surface area contributed by atoms with Crippen LogP contribution in [0.25, 0.3) is 0 Å². The van der Waals surface area contributed by atoms with Gasteiger partial charge in [-0.3, -0.25) is 9.69 Å². The second kappa shape index (κ2) is 5.36. The molecule has 0 bridgehead atoms. The van der Waals surface area contributed by atoms with Gasteiger partial charge in [0.25, 0.3) is 0 Å². The lowest BCUT2D eigenvalue weighted by atomic mass is 10.0. The number of rotatable bonds is 0. The molecule has 21 heavy (non-hydrogen) atoms.